The van der Waals surface area contributed by atoms with Crippen LogP contribution in [0.2, 0.25) is 0 Å². The fraction of sp³-hybridized carbons (Fsp3) is 0.917. The Bertz CT molecular complexity index is 240. The first-order valence-electron chi connectivity index (χ1n) is 5.80. The maximum absolute atomic E-state index is 11.5. The number of nitrogens with zero attached hydrogens (tertiary/aromatic N) is 2. The van der Waals surface area contributed by atoms with Crippen molar-refractivity contribution in [2.45, 2.75) is 51.1 Å². The third-order valence-electron chi connectivity index (χ3n) is 4.11. The minimum Gasteiger partial charge on any atom is -0.341 e. The SMILES string of the molecule is CC(=O)N(C)C1CCCCC1(C)N(C)C. The molecule has 1 saturated carbocycles. The van der Waals surface area contributed by atoms with Crippen molar-refractivity contribution in [2.75, 3.05) is 21.1 Å². The highest BCUT2D eigenvalue weighted by molar-refractivity contribution is 5.73. The van der Waals surface area contributed by atoms with Crippen LogP contribution in [0.15, 0.2) is 0 Å². The van der Waals surface area contributed by atoms with Crippen LogP contribution in [-0.2, 0) is 4.79 Å². The van der Waals surface area contributed by atoms with Crippen molar-refractivity contribution >= 4 is 5.91 Å². The summed E-state index contributed by atoms with van der Waals surface area (Å²) >= 11 is 0. The summed E-state index contributed by atoms with van der Waals surface area (Å²) in [4.78, 5) is 15.7. The quantitative estimate of drug-likeness (QED) is 0.696. The molecule has 1 aliphatic carbocycles. The standard InChI is InChI=1S/C12H24N2O/c1-10(15)14(5)11-8-6-7-9-12(11,2)13(3)4/h11H,6-9H2,1-5H3. The molecule has 2 unspecified atom stereocenters. The molecule has 0 spiro atoms. The molecule has 0 saturated heterocycles. The lowest BCUT2D eigenvalue weighted by Crippen LogP contribution is -2.59. The van der Waals surface area contributed by atoms with Gasteiger partial charge in [-0.15, -0.1) is 0 Å². The molecule has 1 rings (SSSR count). The fourth-order valence-electron chi connectivity index (χ4n) is 2.65. The van der Waals surface area contributed by atoms with Crippen molar-refractivity contribution in [2.24, 2.45) is 0 Å². The molecule has 0 heterocycles. The van der Waals surface area contributed by atoms with Gasteiger partial charge in [0.05, 0.1) is 0 Å². The first-order valence-corrected chi connectivity index (χ1v) is 5.80. The number of carbonyl (C=O) groups is 1. The molecule has 1 fully saturated rings. The van der Waals surface area contributed by atoms with Gasteiger partial charge in [0.15, 0.2) is 0 Å². The minimum atomic E-state index is 0.138. The highest BCUT2D eigenvalue weighted by Gasteiger charge is 2.41. The maximum Gasteiger partial charge on any atom is 0.219 e. The van der Waals surface area contributed by atoms with Gasteiger partial charge in [-0.1, -0.05) is 12.8 Å². The van der Waals surface area contributed by atoms with Crippen LogP contribution in [-0.4, -0.2) is 48.4 Å². The van der Waals surface area contributed by atoms with E-state index in [1.807, 2.05) is 11.9 Å². The number of amides is 1. The van der Waals surface area contributed by atoms with Gasteiger partial charge >= 0.3 is 0 Å². The van der Waals surface area contributed by atoms with Gasteiger partial charge in [-0.3, -0.25) is 4.79 Å². The van der Waals surface area contributed by atoms with Crippen LogP contribution in [0.5, 0.6) is 0 Å². The van der Waals surface area contributed by atoms with E-state index in [0.717, 1.165) is 6.42 Å². The molecule has 1 amide bonds. The van der Waals surface area contributed by atoms with Crippen molar-refractivity contribution in [3.05, 3.63) is 0 Å². The maximum atomic E-state index is 11.5. The second-order valence-electron chi connectivity index (χ2n) is 5.14. The molecule has 0 aromatic carbocycles. The fourth-order valence-corrected chi connectivity index (χ4v) is 2.65. The lowest BCUT2D eigenvalue weighted by molar-refractivity contribution is -0.133. The molecular formula is C12H24N2O. The molecule has 88 valence electrons. The zero-order valence-electron chi connectivity index (χ0n) is 10.7. The molecule has 3 nitrogen and oxygen atoms in total. The Morgan fingerprint density at radius 2 is 1.87 bits per heavy atom. The molecule has 0 bridgehead atoms. The molecule has 0 aromatic rings. The lowest BCUT2D eigenvalue weighted by Gasteiger charge is -2.49. The van der Waals surface area contributed by atoms with E-state index in [9.17, 15) is 4.79 Å². The van der Waals surface area contributed by atoms with E-state index in [-0.39, 0.29) is 11.4 Å². The molecule has 0 N–H and O–H groups in total. The zero-order valence-corrected chi connectivity index (χ0v) is 10.7. The number of carbonyl (C=O) groups excluding carboxylic acids is 1. The monoisotopic (exact) mass is 212 g/mol. The summed E-state index contributed by atoms with van der Waals surface area (Å²) in [7, 11) is 6.17. The summed E-state index contributed by atoms with van der Waals surface area (Å²) in [6.45, 7) is 3.93. The van der Waals surface area contributed by atoms with Crippen LogP contribution in [0.3, 0.4) is 0 Å². The largest absolute Gasteiger partial charge is 0.341 e. The predicted octanol–water partition coefficient (Wildman–Crippen LogP) is 1.73. The van der Waals surface area contributed by atoms with Crippen LogP contribution < -0.4 is 0 Å². The summed E-state index contributed by atoms with van der Waals surface area (Å²) in [6, 6.07) is 0.360. The minimum absolute atomic E-state index is 0.138. The Morgan fingerprint density at radius 3 is 2.33 bits per heavy atom. The highest BCUT2D eigenvalue weighted by atomic mass is 16.2. The topological polar surface area (TPSA) is 23.6 Å². The zero-order chi connectivity index (χ0) is 11.6. The lowest BCUT2D eigenvalue weighted by atomic mass is 9.77. The van der Waals surface area contributed by atoms with Crippen molar-refractivity contribution in [1.82, 2.24) is 9.80 Å². The summed E-state index contributed by atoms with van der Waals surface area (Å²) in [5, 5.41) is 0. The van der Waals surface area contributed by atoms with Crippen LogP contribution in [0, 0.1) is 0 Å². The van der Waals surface area contributed by atoms with Gasteiger partial charge in [0.1, 0.15) is 0 Å². The molecule has 0 radical (unpaired) electrons. The second-order valence-corrected chi connectivity index (χ2v) is 5.14. The van der Waals surface area contributed by atoms with E-state index < -0.39 is 0 Å². The average Bonchev–Trinajstić information content (AvgIpc) is 2.17. The van der Waals surface area contributed by atoms with E-state index >= 15 is 0 Å². The molecule has 3 heteroatoms. The second kappa shape index (κ2) is 4.52. The molecule has 0 aliphatic heterocycles. The van der Waals surface area contributed by atoms with Crippen molar-refractivity contribution in [1.29, 1.82) is 0 Å². The summed E-state index contributed by atoms with van der Waals surface area (Å²) in [5.74, 6) is 0.176. The van der Waals surface area contributed by atoms with Gasteiger partial charge in [0.2, 0.25) is 5.91 Å². The van der Waals surface area contributed by atoms with Crippen LogP contribution in [0.4, 0.5) is 0 Å². The van der Waals surface area contributed by atoms with E-state index in [1.165, 1.54) is 19.3 Å². The van der Waals surface area contributed by atoms with Crippen molar-refractivity contribution in [3.8, 4) is 0 Å². The molecule has 15 heavy (non-hydrogen) atoms. The van der Waals surface area contributed by atoms with Gasteiger partial charge < -0.3 is 9.80 Å². The Hall–Kier alpha value is -0.570. The Kier molecular flexibility index (Phi) is 3.77. The Labute approximate surface area is 93.4 Å². The van der Waals surface area contributed by atoms with Crippen molar-refractivity contribution < 1.29 is 4.79 Å². The van der Waals surface area contributed by atoms with Crippen LogP contribution >= 0.6 is 0 Å². The first kappa shape index (κ1) is 12.5. The van der Waals surface area contributed by atoms with E-state index in [1.54, 1.807) is 6.92 Å². The molecular weight excluding hydrogens is 188 g/mol. The highest BCUT2D eigenvalue weighted by Crippen LogP contribution is 2.34. The molecule has 0 aromatic heterocycles. The van der Waals surface area contributed by atoms with Gasteiger partial charge in [-0.25, -0.2) is 0 Å². The molecule has 1 aliphatic rings. The van der Waals surface area contributed by atoms with E-state index in [4.69, 9.17) is 0 Å². The number of rotatable bonds is 2. The summed E-state index contributed by atoms with van der Waals surface area (Å²) in [6.07, 6.45) is 4.83. The number of hydrogen-bond acceptors (Lipinski definition) is 2. The third-order valence-corrected chi connectivity index (χ3v) is 4.11. The number of likely N-dealkylation sites (N-methyl/N-ethyl adjacent to an activating group) is 2. The predicted molar refractivity (Wildman–Crippen MR) is 62.8 cm³/mol. The number of hydrogen-bond donors (Lipinski definition) is 0. The van der Waals surface area contributed by atoms with Gasteiger partial charge in [0, 0.05) is 25.6 Å². The smallest absolute Gasteiger partial charge is 0.219 e. The molecule has 2 atom stereocenters. The summed E-state index contributed by atoms with van der Waals surface area (Å²) < 4.78 is 0. The van der Waals surface area contributed by atoms with Gasteiger partial charge in [-0.2, -0.15) is 0 Å². The Balaban J connectivity index is 2.87. The third kappa shape index (κ3) is 2.33. The first-order chi connectivity index (χ1) is 6.89. The summed E-state index contributed by atoms with van der Waals surface area (Å²) in [5.41, 5.74) is 0.138. The average molecular weight is 212 g/mol. The van der Waals surface area contributed by atoms with Crippen LogP contribution in [0.25, 0.3) is 0 Å². The Morgan fingerprint density at radius 1 is 1.27 bits per heavy atom. The van der Waals surface area contributed by atoms with Gasteiger partial charge in [-0.05, 0) is 33.9 Å². The van der Waals surface area contributed by atoms with Gasteiger partial charge in [0.25, 0.3) is 0 Å². The van der Waals surface area contributed by atoms with E-state index in [2.05, 4.69) is 25.9 Å². The van der Waals surface area contributed by atoms with Crippen molar-refractivity contribution in [3.63, 3.8) is 0 Å². The van der Waals surface area contributed by atoms with Crippen LogP contribution in [0.1, 0.15) is 39.5 Å². The van der Waals surface area contributed by atoms with E-state index in [0.29, 0.717) is 6.04 Å². The normalized spacial score (nSPS) is 31.7.